The molecule has 0 aliphatic rings. The minimum absolute atomic E-state index is 0.154. The molecule has 0 radical (unpaired) electrons. The molecule has 0 atom stereocenters. The summed E-state index contributed by atoms with van der Waals surface area (Å²) in [6.07, 6.45) is 4.49. The fourth-order valence-electron chi connectivity index (χ4n) is 1.94. The predicted octanol–water partition coefficient (Wildman–Crippen LogP) is 2.60. The number of nitro groups is 1. The summed E-state index contributed by atoms with van der Waals surface area (Å²) >= 11 is 0. The molecule has 0 unspecified atom stereocenters. The Hall–Kier alpha value is -2.37. The number of nitro benzene ring substituents is 1. The number of hydrogen-bond donors (Lipinski definition) is 1. The fourth-order valence-corrected chi connectivity index (χ4v) is 1.94. The smallest absolute Gasteiger partial charge is 0.295 e. The first-order valence-electron chi connectivity index (χ1n) is 6.14. The zero-order valence-electron chi connectivity index (χ0n) is 10.7. The highest BCUT2D eigenvalue weighted by atomic mass is 16.6. The first kappa shape index (κ1) is 13.1. The van der Waals surface area contributed by atoms with E-state index in [9.17, 15) is 10.1 Å². The number of rotatable bonds is 6. The molecule has 0 aliphatic carbocycles. The molecular formula is C13H16N4O2. The average molecular weight is 260 g/mol. The minimum atomic E-state index is -0.342. The van der Waals surface area contributed by atoms with Crippen LogP contribution in [-0.4, -0.2) is 21.2 Å². The maximum absolute atomic E-state index is 11.0. The molecule has 0 saturated heterocycles. The Morgan fingerprint density at radius 2 is 2.26 bits per heavy atom. The van der Waals surface area contributed by atoms with Gasteiger partial charge in [-0.3, -0.25) is 14.8 Å². The molecule has 1 heterocycles. The molecule has 1 N–H and O–H groups in total. The molecule has 100 valence electrons. The van der Waals surface area contributed by atoms with Crippen molar-refractivity contribution in [2.75, 3.05) is 11.9 Å². The Bertz CT molecular complexity index is 552. The van der Waals surface area contributed by atoms with E-state index in [0.717, 1.165) is 13.0 Å². The third-order valence-corrected chi connectivity index (χ3v) is 2.86. The van der Waals surface area contributed by atoms with Crippen molar-refractivity contribution < 1.29 is 4.92 Å². The van der Waals surface area contributed by atoms with E-state index in [1.54, 1.807) is 25.3 Å². The highest BCUT2D eigenvalue weighted by Gasteiger charge is 2.15. The van der Waals surface area contributed by atoms with Crippen molar-refractivity contribution in [3.8, 4) is 0 Å². The van der Waals surface area contributed by atoms with Crippen LogP contribution >= 0.6 is 0 Å². The van der Waals surface area contributed by atoms with Gasteiger partial charge in [-0.25, -0.2) is 0 Å². The largest absolute Gasteiger partial charge is 0.379 e. The number of aromatic nitrogens is 2. The second-order valence-electron chi connectivity index (χ2n) is 4.28. The maximum atomic E-state index is 11.0. The molecule has 0 bridgehead atoms. The lowest BCUT2D eigenvalue weighted by Gasteiger charge is -2.08. The van der Waals surface area contributed by atoms with E-state index in [1.807, 2.05) is 23.0 Å². The van der Waals surface area contributed by atoms with Crippen LogP contribution in [0.3, 0.4) is 0 Å². The van der Waals surface area contributed by atoms with E-state index in [0.29, 0.717) is 17.8 Å². The molecule has 1 aromatic heterocycles. The van der Waals surface area contributed by atoms with Gasteiger partial charge in [-0.1, -0.05) is 12.1 Å². The summed E-state index contributed by atoms with van der Waals surface area (Å²) in [6, 6.07) is 7.17. The summed E-state index contributed by atoms with van der Waals surface area (Å²) in [5.41, 5.74) is 1.40. The summed E-state index contributed by atoms with van der Waals surface area (Å²) in [5, 5.41) is 18.2. The number of nitrogens with zero attached hydrogens (tertiary/aromatic N) is 3. The second kappa shape index (κ2) is 5.99. The molecular weight excluding hydrogens is 244 g/mol. The normalized spacial score (nSPS) is 10.4. The van der Waals surface area contributed by atoms with Crippen molar-refractivity contribution in [3.63, 3.8) is 0 Å². The van der Waals surface area contributed by atoms with Gasteiger partial charge in [-0.2, -0.15) is 5.10 Å². The summed E-state index contributed by atoms with van der Waals surface area (Å²) in [4.78, 5) is 10.7. The van der Waals surface area contributed by atoms with Crippen LogP contribution in [-0.2, 0) is 6.54 Å². The standard InChI is InChI=1S/C13H16N4O2/c1-11-5-2-6-12(13(11)17(18)19)14-7-3-9-16-10-4-8-15-16/h2,4-6,8,10,14H,3,7,9H2,1H3. The quantitative estimate of drug-likeness (QED) is 0.492. The van der Waals surface area contributed by atoms with Crippen LogP contribution in [0.2, 0.25) is 0 Å². The van der Waals surface area contributed by atoms with Gasteiger partial charge in [0, 0.05) is 31.0 Å². The number of nitrogens with one attached hydrogen (secondary N) is 1. The van der Waals surface area contributed by atoms with Crippen molar-refractivity contribution in [1.29, 1.82) is 0 Å². The lowest BCUT2D eigenvalue weighted by molar-refractivity contribution is -0.384. The minimum Gasteiger partial charge on any atom is -0.379 e. The number of hydrogen-bond acceptors (Lipinski definition) is 4. The van der Waals surface area contributed by atoms with Gasteiger partial charge in [0.2, 0.25) is 0 Å². The van der Waals surface area contributed by atoms with Gasteiger partial charge in [-0.15, -0.1) is 0 Å². The Kier molecular flexibility index (Phi) is 4.12. The molecule has 0 amide bonds. The van der Waals surface area contributed by atoms with Gasteiger partial charge < -0.3 is 5.32 Å². The SMILES string of the molecule is Cc1cccc(NCCCn2cccn2)c1[N+](=O)[O-]. The van der Waals surface area contributed by atoms with E-state index in [4.69, 9.17) is 0 Å². The van der Waals surface area contributed by atoms with Crippen LogP contribution in [0.15, 0.2) is 36.7 Å². The number of para-hydroxylation sites is 1. The fraction of sp³-hybridized carbons (Fsp3) is 0.308. The van der Waals surface area contributed by atoms with Crippen molar-refractivity contribution in [1.82, 2.24) is 9.78 Å². The molecule has 1 aromatic carbocycles. The van der Waals surface area contributed by atoms with E-state index in [2.05, 4.69) is 10.4 Å². The van der Waals surface area contributed by atoms with Crippen LogP contribution in [0.5, 0.6) is 0 Å². The Balaban J connectivity index is 1.92. The van der Waals surface area contributed by atoms with E-state index in [1.165, 1.54) is 0 Å². The van der Waals surface area contributed by atoms with Crippen molar-refractivity contribution in [2.24, 2.45) is 0 Å². The van der Waals surface area contributed by atoms with Crippen LogP contribution < -0.4 is 5.32 Å². The molecule has 6 heteroatoms. The summed E-state index contributed by atoms with van der Waals surface area (Å²) in [5.74, 6) is 0. The molecule has 0 spiro atoms. The van der Waals surface area contributed by atoms with Gasteiger partial charge in [0.1, 0.15) is 5.69 Å². The number of anilines is 1. The molecule has 19 heavy (non-hydrogen) atoms. The van der Waals surface area contributed by atoms with Crippen LogP contribution in [0.1, 0.15) is 12.0 Å². The topological polar surface area (TPSA) is 73.0 Å². The van der Waals surface area contributed by atoms with Crippen molar-refractivity contribution in [2.45, 2.75) is 19.9 Å². The van der Waals surface area contributed by atoms with Gasteiger partial charge in [0.15, 0.2) is 0 Å². The first-order chi connectivity index (χ1) is 9.18. The monoisotopic (exact) mass is 260 g/mol. The number of benzene rings is 1. The zero-order chi connectivity index (χ0) is 13.7. The summed E-state index contributed by atoms with van der Waals surface area (Å²) in [6.45, 7) is 3.21. The van der Waals surface area contributed by atoms with Gasteiger partial charge in [0.25, 0.3) is 5.69 Å². The van der Waals surface area contributed by atoms with E-state index >= 15 is 0 Å². The molecule has 2 rings (SSSR count). The molecule has 6 nitrogen and oxygen atoms in total. The molecule has 0 saturated carbocycles. The average Bonchev–Trinajstić information content (AvgIpc) is 2.87. The summed E-state index contributed by atoms with van der Waals surface area (Å²) < 4.78 is 1.84. The summed E-state index contributed by atoms with van der Waals surface area (Å²) in [7, 11) is 0. The van der Waals surface area contributed by atoms with Crippen molar-refractivity contribution in [3.05, 3.63) is 52.3 Å². The lowest BCUT2D eigenvalue weighted by atomic mass is 10.1. The number of aryl methyl sites for hydroxylation is 2. The Morgan fingerprint density at radius 3 is 2.95 bits per heavy atom. The highest BCUT2D eigenvalue weighted by molar-refractivity contribution is 5.64. The van der Waals surface area contributed by atoms with E-state index < -0.39 is 0 Å². The molecule has 0 aliphatic heterocycles. The van der Waals surface area contributed by atoms with Crippen LogP contribution in [0.25, 0.3) is 0 Å². The van der Waals surface area contributed by atoms with Crippen LogP contribution in [0, 0.1) is 17.0 Å². The zero-order valence-corrected chi connectivity index (χ0v) is 10.7. The van der Waals surface area contributed by atoms with Crippen LogP contribution in [0.4, 0.5) is 11.4 Å². The maximum Gasteiger partial charge on any atom is 0.295 e. The molecule has 0 fully saturated rings. The highest BCUT2D eigenvalue weighted by Crippen LogP contribution is 2.27. The van der Waals surface area contributed by atoms with Gasteiger partial charge >= 0.3 is 0 Å². The van der Waals surface area contributed by atoms with Gasteiger partial charge in [0.05, 0.1) is 4.92 Å². The third kappa shape index (κ3) is 3.31. The Labute approximate surface area is 111 Å². The predicted molar refractivity (Wildman–Crippen MR) is 73.2 cm³/mol. The van der Waals surface area contributed by atoms with E-state index in [-0.39, 0.29) is 10.6 Å². The first-order valence-corrected chi connectivity index (χ1v) is 6.14. The second-order valence-corrected chi connectivity index (χ2v) is 4.28. The Morgan fingerprint density at radius 1 is 1.42 bits per heavy atom. The third-order valence-electron chi connectivity index (χ3n) is 2.86. The molecule has 2 aromatic rings. The lowest BCUT2D eigenvalue weighted by Crippen LogP contribution is -2.08. The van der Waals surface area contributed by atoms with Gasteiger partial charge in [-0.05, 0) is 25.5 Å². The van der Waals surface area contributed by atoms with Crippen molar-refractivity contribution >= 4 is 11.4 Å².